The van der Waals surface area contributed by atoms with Crippen LogP contribution in [0.5, 0.6) is 11.5 Å². The number of amides is 1. The van der Waals surface area contributed by atoms with Crippen LogP contribution in [0, 0.1) is 5.92 Å². The van der Waals surface area contributed by atoms with Crippen LogP contribution in [0.15, 0.2) is 29.0 Å². The normalized spacial score (nSPS) is 16.4. The van der Waals surface area contributed by atoms with E-state index in [4.69, 9.17) is 14.2 Å². The van der Waals surface area contributed by atoms with Crippen molar-refractivity contribution in [1.82, 2.24) is 14.7 Å². The summed E-state index contributed by atoms with van der Waals surface area (Å²) in [5, 5.41) is 4.47. The van der Waals surface area contributed by atoms with Gasteiger partial charge in [-0.2, -0.15) is 5.10 Å². The van der Waals surface area contributed by atoms with Crippen molar-refractivity contribution >= 4 is 22.0 Å². The van der Waals surface area contributed by atoms with Gasteiger partial charge >= 0.3 is 6.09 Å². The van der Waals surface area contributed by atoms with E-state index in [2.05, 4.69) is 21.0 Å². The molecule has 2 aliphatic heterocycles. The molecular formula is C19H22BrN3O4. The van der Waals surface area contributed by atoms with Gasteiger partial charge in [0.25, 0.3) is 0 Å². The number of rotatable bonds is 3. The predicted octanol–water partition coefficient (Wildman–Crippen LogP) is 3.91. The molecule has 7 nitrogen and oxygen atoms in total. The first-order valence-electron chi connectivity index (χ1n) is 8.88. The summed E-state index contributed by atoms with van der Waals surface area (Å²) in [6, 6.07) is 3.88. The number of halogens is 1. The maximum atomic E-state index is 12.0. The summed E-state index contributed by atoms with van der Waals surface area (Å²) in [5.74, 6) is 1.87. The van der Waals surface area contributed by atoms with E-state index in [1.807, 2.05) is 50.0 Å². The lowest BCUT2D eigenvalue weighted by Crippen LogP contribution is -2.52. The van der Waals surface area contributed by atoms with Gasteiger partial charge in [-0.3, -0.25) is 4.68 Å². The van der Waals surface area contributed by atoms with Gasteiger partial charge in [-0.25, -0.2) is 4.79 Å². The molecule has 0 N–H and O–H groups in total. The molecule has 0 spiro atoms. The van der Waals surface area contributed by atoms with Gasteiger partial charge in [0.15, 0.2) is 11.5 Å². The Morgan fingerprint density at radius 3 is 2.70 bits per heavy atom. The third-order valence-corrected chi connectivity index (χ3v) is 5.12. The van der Waals surface area contributed by atoms with Crippen LogP contribution in [0.4, 0.5) is 4.79 Å². The molecule has 3 heterocycles. The SMILES string of the molecule is CC(C)(C)OC(=O)N1CC(Cn2cc(-c3cc4c(cc3Br)OCO4)cn2)C1. The highest BCUT2D eigenvalue weighted by Gasteiger charge is 2.34. The lowest BCUT2D eigenvalue weighted by molar-refractivity contribution is -0.00383. The Bertz CT molecular complexity index is 868. The van der Waals surface area contributed by atoms with Crippen molar-refractivity contribution in [1.29, 1.82) is 0 Å². The van der Waals surface area contributed by atoms with Gasteiger partial charge in [0.2, 0.25) is 6.79 Å². The van der Waals surface area contributed by atoms with Crippen molar-refractivity contribution < 1.29 is 19.0 Å². The number of benzene rings is 1. The Hall–Kier alpha value is -2.22. The molecule has 0 radical (unpaired) electrons. The van der Waals surface area contributed by atoms with E-state index in [0.29, 0.717) is 19.0 Å². The maximum Gasteiger partial charge on any atom is 0.410 e. The van der Waals surface area contributed by atoms with Gasteiger partial charge in [0, 0.05) is 47.3 Å². The average molecular weight is 436 g/mol. The molecule has 2 aliphatic rings. The van der Waals surface area contributed by atoms with E-state index >= 15 is 0 Å². The summed E-state index contributed by atoms with van der Waals surface area (Å²) in [4.78, 5) is 13.7. The van der Waals surface area contributed by atoms with Crippen LogP contribution in [-0.4, -0.2) is 46.3 Å². The molecule has 0 atom stereocenters. The van der Waals surface area contributed by atoms with Crippen LogP contribution in [0.3, 0.4) is 0 Å². The number of likely N-dealkylation sites (tertiary alicyclic amines) is 1. The van der Waals surface area contributed by atoms with Gasteiger partial charge in [-0.15, -0.1) is 0 Å². The number of fused-ring (bicyclic) bond motifs is 1. The summed E-state index contributed by atoms with van der Waals surface area (Å²) in [6.07, 6.45) is 3.61. The molecule has 1 amide bonds. The highest BCUT2D eigenvalue weighted by Crippen LogP contribution is 2.41. The topological polar surface area (TPSA) is 65.8 Å². The molecule has 0 unspecified atom stereocenters. The number of carbonyl (C=O) groups excluding carboxylic acids is 1. The minimum Gasteiger partial charge on any atom is -0.454 e. The molecule has 1 fully saturated rings. The largest absolute Gasteiger partial charge is 0.454 e. The van der Waals surface area contributed by atoms with Crippen molar-refractivity contribution in [3.8, 4) is 22.6 Å². The first-order chi connectivity index (χ1) is 12.8. The Labute approximate surface area is 166 Å². The fraction of sp³-hybridized carbons (Fsp3) is 0.474. The van der Waals surface area contributed by atoms with Crippen LogP contribution in [-0.2, 0) is 11.3 Å². The third kappa shape index (κ3) is 3.90. The van der Waals surface area contributed by atoms with E-state index in [1.165, 1.54) is 0 Å². The minimum atomic E-state index is -0.461. The van der Waals surface area contributed by atoms with Crippen molar-refractivity contribution in [2.24, 2.45) is 5.92 Å². The number of hydrogen-bond donors (Lipinski definition) is 0. The second kappa shape index (κ2) is 6.74. The van der Waals surface area contributed by atoms with E-state index in [1.54, 1.807) is 4.90 Å². The smallest absolute Gasteiger partial charge is 0.410 e. The Morgan fingerprint density at radius 2 is 2.00 bits per heavy atom. The summed E-state index contributed by atoms with van der Waals surface area (Å²) in [7, 11) is 0. The molecule has 4 rings (SSSR count). The van der Waals surface area contributed by atoms with Crippen molar-refractivity contribution in [3.05, 3.63) is 29.0 Å². The lowest BCUT2D eigenvalue weighted by atomic mass is 10.0. The summed E-state index contributed by atoms with van der Waals surface area (Å²) in [6.45, 7) is 8.03. The van der Waals surface area contributed by atoms with Gasteiger partial charge in [0.1, 0.15) is 5.60 Å². The average Bonchev–Trinajstić information content (AvgIpc) is 3.16. The standard InChI is InChI=1S/C19H22BrN3O4/c1-19(2,3)27-18(24)22-7-12(8-22)9-23-10-13(6-21-23)14-4-16-17(5-15(14)20)26-11-25-16/h4-6,10,12H,7-9,11H2,1-3H3. The van der Waals surface area contributed by atoms with Crippen molar-refractivity contribution in [2.45, 2.75) is 32.9 Å². The van der Waals surface area contributed by atoms with Gasteiger partial charge < -0.3 is 19.1 Å². The number of nitrogens with zero attached hydrogens (tertiary/aromatic N) is 3. The molecule has 27 heavy (non-hydrogen) atoms. The van der Waals surface area contributed by atoms with Crippen LogP contribution < -0.4 is 9.47 Å². The second-order valence-corrected chi connectivity index (χ2v) is 8.74. The first-order valence-corrected chi connectivity index (χ1v) is 9.68. The summed E-state index contributed by atoms with van der Waals surface area (Å²) < 4.78 is 19.1. The Balaban J connectivity index is 1.37. The molecular weight excluding hydrogens is 414 g/mol. The molecule has 8 heteroatoms. The third-order valence-electron chi connectivity index (χ3n) is 4.46. The van der Waals surface area contributed by atoms with E-state index < -0.39 is 5.60 Å². The highest BCUT2D eigenvalue weighted by molar-refractivity contribution is 9.10. The van der Waals surface area contributed by atoms with Crippen LogP contribution in [0.1, 0.15) is 20.8 Å². The zero-order valence-electron chi connectivity index (χ0n) is 15.6. The lowest BCUT2D eigenvalue weighted by Gasteiger charge is -2.39. The monoisotopic (exact) mass is 435 g/mol. The zero-order valence-corrected chi connectivity index (χ0v) is 17.2. The van der Waals surface area contributed by atoms with Gasteiger partial charge in [0.05, 0.1) is 6.20 Å². The summed E-state index contributed by atoms with van der Waals surface area (Å²) in [5.41, 5.74) is 1.55. The molecule has 1 saturated heterocycles. The Kier molecular flexibility index (Phi) is 4.53. The molecule has 0 aliphatic carbocycles. The molecule has 0 bridgehead atoms. The van der Waals surface area contributed by atoms with E-state index in [0.717, 1.165) is 33.6 Å². The Morgan fingerprint density at radius 1 is 1.30 bits per heavy atom. The number of aromatic nitrogens is 2. The zero-order chi connectivity index (χ0) is 19.2. The first kappa shape index (κ1) is 18.2. The fourth-order valence-corrected chi connectivity index (χ4v) is 3.72. The molecule has 1 aromatic heterocycles. The fourth-order valence-electron chi connectivity index (χ4n) is 3.17. The molecule has 0 saturated carbocycles. The van der Waals surface area contributed by atoms with Crippen LogP contribution >= 0.6 is 15.9 Å². The van der Waals surface area contributed by atoms with E-state index in [9.17, 15) is 4.79 Å². The minimum absolute atomic E-state index is 0.246. The van der Waals surface area contributed by atoms with Gasteiger partial charge in [-0.1, -0.05) is 15.9 Å². The number of ether oxygens (including phenoxy) is 3. The number of carbonyl (C=O) groups is 1. The van der Waals surface area contributed by atoms with Crippen LogP contribution in [0.2, 0.25) is 0 Å². The summed E-state index contributed by atoms with van der Waals surface area (Å²) >= 11 is 3.59. The molecule has 2 aromatic rings. The van der Waals surface area contributed by atoms with Gasteiger partial charge in [-0.05, 0) is 32.9 Å². The molecule has 144 valence electrons. The quantitative estimate of drug-likeness (QED) is 0.730. The predicted molar refractivity (Wildman–Crippen MR) is 103 cm³/mol. The van der Waals surface area contributed by atoms with Crippen LogP contribution in [0.25, 0.3) is 11.1 Å². The number of hydrogen-bond acceptors (Lipinski definition) is 5. The second-order valence-electron chi connectivity index (χ2n) is 7.89. The molecule has 1 aromatic carbocycles. The van der Waals surface area contributed by atoms with Crippen molar-refractivity contribution in [3.63, 3.8) is 0 Å². The van der Waals surface area contributed by atoms with E-state index in [-0.39, 0.29) is 12.9 Å². The maximum absolute atomic E-state index is 12.0. The highest BCUT2D eigenvalue weighted by atomic mass is 79.9. The van der Waals surface area contributed by atoms with Crippen molar-refractivity contribution in [2.75, 3.05) is 19.9 Å².